The lowest BCUT2D eigenvalue weighted by atomic mass is 9.94. The van der Waals surface area contributed by atoms with E-state index in [0.717, 1.165) is 22.0 Å². The Morgan fingerprint density at radius 1 is 0.968 bits per heavy atom. The number of hydrogen-bond donors (Lipinski definition) is 4. The molecule has 5 N–H and O–H groups in total. The highest BCUT2D eigenvalue weighted by Gasteiger charge is 2.31. The number of amides is 2. The number of hydrazine groups is 1. The second-order valence-corrected chi connectivity index (χ2v) is 7.16. The Labute approximate surface area is 180 Å². The van der Waals surface area contributed by atoms with Crippen LogP contribution in [0.25, 0.3) is 10.8 Å². The van der Waals surface area contributed by atoms with Crippen molar-refractivity contribution < 1.29 is 9.59 Å². The fourth-order valence-corrected chi connectivity index (χ4v) is 3.79. The Hall–Kier alpha value is -3.91. The molecular formula is C23H24N6O2. The van der Waals surface area contributed by atoms with E-state index in [1.54, 1.807) is 19.2 Å². The lowest BCUT2D eigenvalue weighted by Gasteiger charge is -2.27. The third-order valence-electron chi connectivity index (χ3n) is 5.26. The Kier molecular flexibility index (Phi) is 5.81. The summed E-state index contributed by atoms with van der Waals surface area (Å²) in [5.74, 6) is 5.55. The zero-order chi connectivity index (χ0) is 21.8. The highest BCUT2D eigenvalue weighted by molar-refractivity contribution is 6.25. The Balaban J connectivity index is 1.38. The first-order valence-electron chi connectivity index (χ1n) is 10.1. The molecule has 0 saturated heterocycles. The summed E-state index contributed by atoms with van der Waals surface area (Å²) >= 11 is 0. The molecule has 3 aromatic carbocycles. The molecular weight excluding hydrogens is 392 g/mol. The van der Waals surface area contributed by atoms with Gasteiger partial charge < -0.3 is 16.2 Å². The van der Waals surface area contributed by atoms with Crippen molar-refractivity contribution in [2.24, 2.45) is 10.9 Å². The predicted molar refractivity (Wildman–Crippen MR) is 122 cm³/mol. The highest BCUT2D eigenvalue weighted by Crippen LogP contribution is 2.29. The predicted octanol–water partition coefficient (Wildman–Crippen LogP) is 2.28. The molecule has 0 aliphatic carbocycles. The summed E-state index contributed by atoms with van der Waals surface area (Å²) in [6.45, 7) is 0.971. The van der Waals surface area contributed by atoms with E-state index >= 15 is 0 Å². The number of anilines is 1. The molecule has 0 bridgehead atoms. The normalized spacial score (nSPS) is 13.5. The number of carbonyl (C=O) groups is 2. The molecule has 2 amide bonds. The van der Waals surface area contributed by atoms with E-state index in [0.29, 0.717) is 36.5 Å². The number of nitrogens with zero attached hydrogens (tertiary/aromatic N) is 2. The quantitative estimate of drug-likeness (QED) is 0.117. The largest absolute Gasteiger partial charge is 0.385 e. The van der Waals surface area contributed by atoms with Gasteiger partial charge in [-0.3, -0.25) is 14.5 Å². The number of nitrogens with one attached hydrogen (secondary N) is 3. The fourth-order valence-electron chi connectivity index (χ4n) is 3.79. The molecule has 1 aliphatic heterocycles. The van der Waals surface area contributed by atoms with Gasteiger partial charge in [0.15, 0.2) is 5.84 Å². The summed E-state index contributed by atoms with van der Waals surface area (Å²) in [4.78, 5) is 27.2. The summed E-state index contributed by atoms with van der Waals surface area (Å²) in [7, 11) is 1.70. The number of hydrogen-bond acceptors (Lipinski definition) is 6. The second kappa shape index (κ2) is 8.85. The van der Waals surface area contributed by atoms with Crippen molar-refractivity contribution in [2.75, 3.05) is 25.5 Å². The molecule has 0 atom stereocenters. The molecule has 8 heteroatoms. The van der Waals surface area contributed by atoms with Crippen molar-refractivity contribution in [1.29, 1.82) is 0 Å². The summed E-state index contributed by atoms with van der Waals surface area (Å²) in [5, 5.41) is 9.03. The SMILES string of the molecule is CN/N=C(\NN)c1ccc(NCCCN2C(=O)c3cccc4cccc(c34)C2=O)cc1. The summed E-state index contributed by atoms with van der Waals surface area (Å²) in [5.41, 5.74) is 8.19. The Morgan fingerprint density at radius 2 is 1.61 bits per heavy atom. The molecule has 0 spiro atoms. The van der Waals surface area contributed by atoms with Crippen LogP contribution in [0.1, 0.15) is 32.7 Å². The fraction of sp³-hybridized carbons (Fsp3) is 0.174. The van der Waals surface area contributed by atoms with Crippen LogP contribution in [0, 0.1) is 0 Å². The molecule has 0 aromatic heterocycles. The van der Waals surface area contributed by atoms with Crippen LogP contribution >= 0.6 is 0 Å². The van der Waals surface area contributed by atoms with Gasteiger partial charge >= 0.3 is 0 Å². The zero-order valence-corrected chi connectivity index (χ0v) is 17.2. The average Bonchev–Trinajstić information content (AvgIpc) is 2.81. The van der Waals surface area contributed by atoms with Crippen LogP contribution in [0.5, 0.6) is 0 Å². The molecule has 0 radical (unpaired) electrons. The first kappa shape index (κ1) is 20.4. The van der Waals surface area contributed by atoms with Gasteiger partial charge in [-0.2, -0.15) is 5.10 Å². The molecule has 0 saturated carbocycles. The van der Waals surface area contributed by atoms with Crippen molar-refractivity contribution in [3.63, 3.8) is 0 Å². The Morgan fingerprint density at radius 3 is 2.19 bits per heavy atom. The third-order valence-corrected chi connectivity index (χ3v) is 5.26. The van der Waals surface area contributed by atoms with Crippen LogP contribution in [0.3, 0.4) is 0 Å². The number of benzene rings is 3. The molecule has 4 rings (SSSR count). The molecule has 8 nitrogen and oxygen atoms in total. The molecule has 0 unspecified atom stereocenters. The van der Waals surface area contributed by atoms with Crippen molar-refractivity contribution >= 4 is 34.1 Å². The van der Waals surface area contributed by atoms with Gasteiger partial charge in [0.05, 0.1) is 0 Å². The second-order valence-electron chi connectivity index (χ2n) is 7.16. The molecule has 1 aliphatic rings. The lowest BCUT2D eigenvalue weighted by molar-refractivity contribution is 0.0610. The van der Waals surface area contributed by atoms with Crippen molar-refractivity contribution in [3.8, 4) is 0 Å². The average molecular weight is 416 g/mol. The third kappa shape index (κ3) is 3.93. The maximum absolute atomic E-state index is 12.9. The Bertz CT molecular complexity index is 1110. The van der Waals surface area contributed by atoms with Crippen LogP contribution in [0.15, 0.2) is 65.8 Å². The van der Waals surface area contributed by atoms with Gasteiger partial charge in [0.2, 0.25) is 0 Å². The number of carbonyl (C=O) groups excluding carboxylic acids is 2. The van der Waals surface area contributed by atoms with Gasteiger partial charge in [-0.05, 0) is 48.2 Å². The van der Waals surface area contributed by atoms with E-state index in [9.17, 15) is 9.59 Å². The van der Waals surface area contributed by atoms with Crippen LogP contribution < -0.4 is 22.0 Å². The minimum absolute atomic E-state index is 0.232. The summed E-state index contributed by atoms with van der Waals surface area (Å²) in [6.07, 6.45) is 0.633. The van der Waals surface area contributed by atoms with E-state index in [1.165, 1.54) is 4.90 Å². The first-order chi connectivity index (χ1) is 15.1. The lowest BCUT2D eigenvalue weighted by Crippen LogP contribution is -2.41. The van der Waals surface area contributed by atoms with Gasteiger partial charge in [-0.15, -0.1) is 0 Å². The standard InChI is InChI=1S/C23H24N6O2/c1-25-28-21(27-24)16-9-11-17(12-10-16)26-13-4-14-29-22(30)18-7-2-5-15-6-3-8-19(20(15)18)23(29)31/h2-3,5-12,25-26H,4,13-14,24H2,1H3,(H,27,28). The van der Waals surface area contributed by atoms with Crippen molar-refractivity contribution in [2.45, 2.75) is 6.42 Å². The minimum atomic E-state index is -0.232. The topological polar surface area (TPSA) is 112 Å². The monoisotopic (exact) mass is 416 g/mol. The number of nitrogens with two attached hydrogens (primary N) is 1. The van der Waals surface area contributed by atoms with Crippen molar-refractivity contribution in [3.05, 3.63) is 77.4 Å². The van der Waals surface area contributed by atoms with Crippen LogP contribution in [0.2, 0.25) is 0 Å². The molecule has 1 heterocycles. The molecule has 3 aromatic rings. The van der Waals surface area contributed by atoms with E-state index < -0.39 is 0 Å². The number of amidine groups is 1. The van der Waals surface area contributed by atoms with Crippen LogP contribution in [-0.2, 0) is 0 Å². The first-order valence-corrected chi connectivity index (χ1v) is 10.1. The van der Waals surface area contributed by atoms with Gasteiger partial charge in [-0.25, -0.2) is 5.84 Å². The molecule has 0 fully saturated rings. The number of imide groups is 1. The van der Waals surface area contributed by atoms with Crippen LogP contribution in [-0.4, -0.2) is 42.7 Å². The smallest absolute Gasteiger partial charge is 0.261 e. The van der Waals surface area contributed by atoms with E-state index in [4.69, 9.17) is 5.84 Å². The zero-order valence-electron chi connectivity index (χ0n) is 17.2. The highest BCUT2D eigenvalue weighted by atomic mass is 16.2. The van der Waals surface area contributed by atoms with Crippen LogP contribution in [0.4, 0.5) is 5.69 Å². The van der Waals surface area contributed by atoms with Crippen molar-refractivity contribution in [1.82, 2.24) is 15.8 Å². The summed E-state index contributed by atoms with van der Waals surface area (Å²) < 4.78 is 0. The maximum Gasteiger partial charge on any atom is 0.261 e. The van der Waals surface area contributed by atoms with Gasteiger partial charge in [0, 0.05) is 47.9 Å². The minimum Gasteiger partial charge on any atom is -0.385 e. The number of hydrazone groups is 1. The maximum atomic E-state index is 12.9. The van der Waals surface area contributed by atoms with Gasteiger partial charge in [0.1, 0.15) is 0 Å². The van der Waals surface area contributed by atoms with Gasteiger partial charge in [-0.1, -0.05) is 24.3 Å². The van der Waals surface area contributed by atoms with E-state index in [1.807, 2.05) is 48.5 Å². The number of rotatable bonds is 7. The summed E-state index contributed by atoms with van der Waals surface area (Å²) in [6, 6.07) is 18.8. The van der Waals surface area contributed by atoms with E-state index in [2.05, 4.69) is 21.3 Å². The van der Waals surface area contributed by atoms with Gasteiger partial charge in [0.25, 0.3) is 11.8 Å². The molecule has 158 valence electrons. The molecule has 31 heavy (non-hydrogen) atoms. The van der Waals surface area contributed by atoms with E-state index in [-0.39, 0.29) is 11.8 Å².